The number of aryl methyl sites for hydroxylation is 1. The summed E-state index contributed by atoms with van der Waals surface area (Å²) in [6, 6.07) is 8.48. The Bertz CT molecular complexity index is 371. The van der Waals surface area contributed by atoms with E-state index in [1.165, 1.54) is 16.7 Å². The zero-order chi connectivity index (χ0) is 10.8. The molecule has 0 saturated carbocycles. The number of hydrogen-bond donors (Lipinski definition) is 0. The first kappa shape index (κ1) is 10.8. The Morgan fingerprint density at radius 2 is 1.93 bits per heavy atom. The molecule has 0 aromatic heterocycles. The second-order valence-electron chi connectivity index (χ2n) is 4.67. The van der Waals surface area contributed by atoms with E-state index in [-0.39, 0.29) is 5.41 Å². The molecule has 0 N–H and O–H groups in total. The van der Waals surface area contributed by atoms with E-state index < -0.39 is 0 Å². The van der Waals surface area contributed by atoms with Crippen LogP contribution in [-0.2, 0) is 0 Å². The van der Waals surface area contributed by atoms with Crippen LogP contribution in [0, 0.1) is 12.3 Å². The first-order valence-corrected chi connectivity index (χ1v) is 4.92. The van der Waals surface area contributed by atoms with Gasteiger partial charge in [-0.3, -0.25) is 0 Å². The lowest BCUT2D eigenvalue weighted by Crippen LogP contribution is -2.07. The fraction of sp³-hybridized carbons (Fsp3) is 0.357. The van der Waals surface area contributed by atoms with Crippen LogP contribution in [0.25, 0.3) is 5.57 Å². The smallest absolute Gasteiger partial charge is 0.00595 e. The van der Waals surface area contributed by atoms with E-state index in [1.54, 1.807) is 0 Å². The maximum atomic E-state index is 3.77. The fourth-order valence-corrected chi connectivity index (χ4v) is 1.60. The molecule has 0 radical (unpaired) electrons. The number of hydrogen-bond acceptors (Lipinski definition) is 0. The Balaban J connectivity index is 3.23. The van der Waals surface area contributed by atoms with Crippen molar-refractivity contribution in [2.24, 2.45) is 5.41 Å². The van der Waals surface area contributed by atoms with Gasteiger partial charge in [0.25, 0.3) is 0 Å². The molecule has 14 heavy (non-hydrogen) atoms. The Labute approximate surface area is 87.0 Å². The minimum atomic E-state index is 0.107. The van der Waals surface area contributed by atoms with Crippen molar-refractivity contribution >= 4 is 5.57 Å². The summed E-state index contributed by atoms with van der Waals surface area (Å²) < 4.78 is 0. The SMILES string of the molecule is C=C=C(c1cccc(C)c1)C(C)(C)C. The Morgan fingerprint density at radius 1 is 1.29 bits per heavy atom. The molecular weight excluding hydrogens is 168 g/mol. The highest BCUT2D eigenvalue weighted by Crippen LogP contribution is 2.32. The molecule has 0 atom stereocenters. The minimum Gasteiger partial charge on any atom is -0.124 e. The molecule has 1 aromatic carbocycles. The van der Waals surface area contributed by atoms with Crippen LogP contribution in [0.1, 0.15) is 31.9 Å². The van der Waals surface area contributed by atoms with E-state index in [9.17, 15) is 0 Å². The molecule has 0 spiro atoms. The van der Waals surface area contributed by atoms with Crippen LogP contribution >= 0.6 is 0 Å². The maximum Gasteiger partial charge on any atom is 0.00595 e. The van der Waals surface area contributed by atoms with Crippen LogP contribution in [0.2, 0.25) is 0 Å². The molecule has 74 valence electrons. The molecule has 0 aliphatic heterocycles. The molecule has 0 heteroatoms. The van der Waals surface area contributed by atoms with Gasteiger partial charge in [-0.05, 0) is 17.9 Å². The lowest BCUT2D eigenvalue weighted by Gasteiger charge is -2.21. The van der Waals surface area contributed by atoms with Gasteiger partial charge in [-0.15, -0.1) is 5.73 Å². The summed E-state index contributed by atoms with van der Waals surface area (Å²) in [5.74, 6) is 0. The zero-order valence-corrected chi connectivity index (χ0v) is 9.52. The van der Waals surface area contributed by atoms with Crippen LogP contribution in [0.5, 0.6) is 0 Å². The summed E-state index contributed by atoms with van der Waals surface area (Å²) in [5.41, 5.74) is 6.85. The van der Waals surface area contributed by atoms with Gasteiger partial charge in [-0.1, -0.05) is 57.2 Å². The first-order chi connectivity index (χ1) is 6.45. The molecule has 0 saturated heterocycles. The molecular formula is C14H18. The maximum absolute atomic E-state index is 3.77. The molecule has 0 aliphatic rings. The summed E-state index contributed by atoms with van der Waals surface area (Å²) in [4.78, 5) is 0. The van der Waals surface area contributed by atoms with Crippen molar-refractivity contribution < 1.29 is 0 Å². The van der Waals surface area contributed by atoms with Crippen molar-refractivity contribution in [1.82, 2.24) is 0 Å². The van der Waals surface area contributed by atoms with Gasteiger partial charge < -0.3 is 0 Å². The summed E-state index contributed by atoms with van der Waals surface area (Å²) in [5, 5.41) is 0. The van der Waals surface area contributed by atoms with Crippen molar-refractivity contribution in [2.75, 3.05) is 0 Å². The quantitative estimate of drug-likeness (QED) is 0.576. The first-order valence-electron chi connectivity index (χ1n) is 4.92. The summed E-state index contributed by atoms with van der Waals surface area (Å²) in [6.07, 6.45) is 0. The van der Waals surface area contributed by atoms with Crippen molar-refractivity contribution in [1.29, 1.82) is 0 Å². The second-order valence-corrected chi connectivity index (χ2v) is 4.67. The van der Waals surface area contributed by atoms with Gasteiger partial charge in [0.15, 0.2) is 0 Å². The molecule has 0 heterocycles. The molecule has 0 nitrogen and oxygen atoms in total. The second kappa shape index (κ2) is 3.86. The highest BCUT2D eigenvalue weighted by molar-refractivity contribution is 5.69. The molecule has 0 amide bonds. The molecule has 0 bridgehead atoms. The van der Waals surface area contributed by atoms with E-state index in [1.807, 2.05) is 0 Å². The van der Waals surface area contributed by atoms with Gasteiger partial charge in [0.1, 0.15) is 0 Å². The normalized spacial score (nSPS) is 10.9. The van der Waals surface area contributed by atoms with Crippen molar-refractivity contribution in [3.63, 3.8) is 0 Å². The van der Waals surface area contributed by atoms with Crippen LogP contribution in [0.4, 0.5) is 0 Å². The predicted molar refractivity (Wildman–Crippen MR) is 63.2 cm³/mol. The van der Waals surface area contributed by atoms with Crippen molar-refractivity contribution in [2.45, 2.75) is 27.7 Å². The average molecular weight is 186 g/mol. The summed E-state index contributed by atoms with van der Waals surface area (Å²) in [6.45, 7) is 12.4. The molecule has 1 aromatic rings. The average Bonchev–Trinajstić information content (AvgIpc) is 2.02. The molecule has 0 fully saturated rings. The van der Waals surface area contributed by atoms with Gasteiger partial charge in [-0.2, -0.15) is 0 Å². The van der Waals surface area contributed by atoms with E-state index in [4.69, 9.17) is 0 Å². The standard InChI is InChI=1S/C14H18/c1-6-13(14(3,4)5)12-9-7-8-11(2)10-12/h7-10H,1H2,2-5H3. The third kappa shape index (κ3) is 2.37. The lowest BCUT2D eigenvalue weighted by atomic mass is 9.82. The third-order valence-electron chi connectivity index (χ3n) is 2.23. The molecule has 0 unspecified atom stereocenters. The Morgan fingerprint density at radius 3 is 2.36 bits per heavy atom. The largest absolute Gasteiger partial charge is 0.124 e. The predicted octanol–water partition coefficient (Wildman–Crippen LogP) is 4.21. The highest BCUT2D eigenvalue weighted by atomic mass is 14.2. The van der Waals surface area contributed by atoms with Gasteiger partial charge in [0.2, 0.25) is 0 Å². The fourth-order valence-electron chi connectivity index (χ4n) is 1.60. The summed E-state index contributed by atoms with van der Waals surface area (Å²) in [7, 11) is 0. The van der Waals surface area contributed by atoms with E-state index in [0.717, 1.165) is 0 Å². The van der Waals surface area contributed by atoms with Gasteiger partial charge in [-0.25, -0.2) is 0 Å². The van der Waals surface area contributed by atoms with Gasteiger partial charge in [0.05, 0.1) is 0 Å². The van der Waals surface area contributed by atoms with E-state index >= 15 is 0 Å². The van der Waals surface area contributed by atoms with Crippen LogP contribution in [-0.4, -0.2) is 0 Å². The van der Waals surface area contributed by atoms with Gasteiger partial charge in [0, 0.05) is 5.57 Å². The van der Waals surface area contributed by atoms with E-state index in [0.29, 0.717) is 0 Å². The van der Waals surface area contributed by atoms with Crippen LogP contribution in [0.3, 0.4) is 0 Å². The minimum absolute atomic E-state index is 0.107. The van der Waals surface area contributed by atoms with Crippen LogP contribution < -0.4 is 0 Å². The molecule has 0 aliphatic carbocycles. The zero-order valence-electron chi connectivity index (χ0n) is 9.52. The Hall–Kier alpha value is -1.26. The molecule has 1 rings (SSSR count). The summed E-state index contributed by atoms with van der Waals surface area (Å²) >= 11 is 0. The number of allylic oxidation sites excluding steroid dienone is 1. The van der Waals surface area contributed by atoms with Crippen molar-refractivity contribution in [3.8, 4) is 0 Å². The van der Waals surface area contributed by atoms with E-state index in [2.05, 4.69) is 64.3 Å². The topological polar surface area (TPSA) is 0 Å². The highest BCUT2D eigenvalue weighted by Gasteiger charge is 2.17. The number of rotatable bonds is 1. The number of benzene rings is 1. The van der Waals surface area contributed by atoms with Gasteiger partial charge >= 0.3 is 0 Å². The lowest BCUT2D eigenvalue weighted by molar-refractivity contribution is 0.567. The van der Waals surface area contributed by atoms with Crippen LogP contribution in [0.15, 0.2) is 36.6 Å². The van der Waals surface area contributed by atoms with Crippen molar-refractivity contribution in [3.05, 3.63) is 47.7 Å². The Kier molecular flexibility index (Phi) is 2.98. The third-order valence-corrected chi connectivity index (χ3v) is 2.23. The monoisotopic (exact) mass is 186 g/mol.